The lowest BCUT2D eigenvalue weighted by molar-refractivity contribution is -0.193. The highest BCUT2D eigenvalue weighted by Gasteiger charge is 2.44. The zero-order valence-corrected chi connectivity index (χ0v) is 16.8. The Kier molecular flexibility index (Phi) is 9.46. The molecule has 29 heavy (non-hydrogen) atoms. The molecule has 1 aromatic heterocycles. The minimum absolute atomic E-state index is 0.0497. The third-order valence-electron chi connectivity index (χ3n) is 4.99. The Morgan fingerprint density at radius 1 is 1.03 bits per heavy atom. The van der Waals surface area contributed by atoms with Gasteiger partial charge in [-0.1, -0.05) is 38.8 Å². The molecule has 0 N–H and O–H groups in total. The van der Waals surface area contributed by atoms with E-state index >= 15 is 0 Å². The molecule has 3 rings (SSSR count). The number of carbonyl (C=O) groups is 1. The van der Waals surface area contributed by atoms with E-state index in [0.29, 0.717) is 5.78 Å². The van der Waals surface area contributed by atoms with Crippen molar-refractivity contribution < 1.29 is 28.7 Å². The Balaban J connectivity index is 0.000000626. The van der Waals surface area contributed by atoms with Crippen molar-refractivity contribution in [2.45, 2.75) is 45.1 Å². The van der Waals surface area contributed by atoms with Crippen LogP contribution in [-0.4, -0.2) is 29.8 Å². The quantitative estimate of drug-likeness (QED) is 0.763. The number of Topliss-reactive ketones (excluding diaryl/α,β-unsaturated/α-hetero) is 1. The van der Waals surface area contributed by atoms with E-state index in [1.54, 1.807) is 7.11 Å². The fourth-order valence-corrected chi connectivity index (χ4v) is 3.88. The van der Waals surface area contributed by atoms with E-state index in [4.69, 9.17) is 23.9 Å². The minimum Gasteiger partial charge on any atom is -0.497 e. The highest BCUT2D eigenvalue weighted by Crippen LogP contribution is 2.42. The van der Waals surface area contributed by atoms with Gasteiger partial charge in [0.2, 0.25) is 0 Å². The SMILES string of the molecule is COc1cccc(-c2cccn2C2(C(=O)C(C)C)CCCC2)c1.O=C=O.O=C=O. The fraction of sp³-hybridized carbons (Fsp3) is 0.409. The lowest BCUT2D eigenvalue weighted by Gasteiger charge is -2.33. The number of hydrogen-bond donors (Lipinski definition) is 0. The van der Waals surface area contributed by atoms with Crippen LogP contribution in [0.5, 0.6) is 5.75 Å². The molecule has 7 heteroatoms. The third kappa shape index (κ3) is 5.61. The molecule has 1 heterocycles. The summed E-state index contributed by atoms with van der Waals surface area (Å²) in [6, 6.07) is 12.2. The predicted molar refractivity (Wildman–Crippen MR) is 103 cm³/mol. The molecule has 1 aromatic carbocycles. The van der Waals surface area contributed by atoms with Gasteiger partial charge in [0.15, 0.2) is 5.78 Å². The summed E-state index contributed by atoms with van der Waals surface area (Å²) in [5.41, 5.74) is 1.81. The van der Waals surface area contributed by atoms with Crippen LogP contribution >= 0.6 is 0 Å². The molecule has 0 saturated heterocycles. The highest BCUT2D eigenvalue weighted by molar-refractivity contribution is 5.89. The summed E-state index contributed by atoms with van der Waals surface area (Å²) in [7, 11) is 1.68. The topological polar surface area (TPSA) is 99.5 Å². The number of methoxy groups -OCH3 is 1. The number of ketones is 1. The van der Waals surface area contributed by atoms with Crippen molar-refractivity contribution in [3.8, 4) is 17.0 Å². The molecule has 0 unspecified atom stereocenters. The molecular weight excluding hydrogens is 374 g/mol. The monoisotopic (exact) mass is 399 g/mol. The van der Waals surface area contributed by atoms with E-state index in [2.05, 4.69) is 22.9 Å². The number of ether oxygens (including phenoxy) is 1. The number of hydrogen-bond acceptors (Lipinski definition) is 6. The molecular formula is C22H25NO6. The second-order valence-corrected chi connectivity index (χ2v) is 6.92. The molecule has 1 saturated carbocycles. The summed E-state index contributed by atoms with van der Waals surface area (Å²) in [6.45, 7) is 4.02. The van der Waals surface area contributed by atoms with Gasteiger partial charge in [0.25, 0.3) is 0 Å². The molecule has 7 nitrogen and oxygen atoms in total. The zero-order valence-electron chi connectivity index (χ0n) is 16.8. The predicted octanol–water partition coefficient (Wildman–Crippen LogP) is 3.49. The van der Waals surface area contributed by atoms with Gasteiger partial charge < -0.3 is 9.30 Å². The number of rotatable bonds is 5. The van der Waals surface area contributed by atoms with E-state index in [9.17, 15) is 4.79 Å². The van der Waals surface area contributed by atoms with E-state index in [0.717, 1.165) is 42.7 Å². The summed E-state index contributed by atoms with van der Waals surface area (Å²) >= 11 is 0. The Morgan fingerprint density at radius 3 is 2.14 bits per heavy atom. The van der Waals surface area contributed by atoms with Gasteiger partial charge in [0.1, 0.15) is 11.3 Å². The molecule has 1 fully saturated rings. The molecule has 0 atom stereocenters. The number of aromatic nitrogens is 1. The van der Waals surface area contributed by atoms with Gasteiger partial charge in [-0.15, -0.1) is 0 Å². The van der Waals surface area contributed by atoms with Crippen LogP contribution in [0.4, 0.5) is 0 Å². The normalized spacial score (nSPS) is 13.8. The van der Waals surface area contributed by atoms with Crippen LogP contribution < -0.4 is 4.74 Å². The second kappa shape index (κ2) is 11.5. The first-order valence-electron chi connectivity index (χ1n) is 9.27. The molecule has 1 aliphatic rings. The Bertz CT molecular complexity index is 853. The van der Waals surface area contributed by atoms with Crippen LogP contribution in [-0.2, 0) is 29.5 Å². The van der Waals surface area contributed by atoms with E-state index in [1.807, 2.05) is 38.1 Å². The van der Waals surface area contributed by atoms with E-state index in [1.165, 1.54) is 0 Å². The van der Waals surface area contributed by atoms with Crippen LogP contribution in [0.2, 0.25) is 0 Å². The Morgan fingerprint density at radius 2 is 1.62 bits per heavy atom. The molecule has 1 aliphatic carbocycles. The van der Waals surface area contributed by atoms with Gasteiger partial charge >= 0.3 is 12.3 Å². The maximum atomic E-state index is 13.0. The smallest absolute Gasteiger partial charge is 0.373 e. The summed E-state index contributed by atoms with van der Waals surface area (Å²) in [5, 5.41) is 0. The maximum Gasteiger partial charge on any atom is 0.373 e. The van der Waals surface area contributed by atoms with Gasteiger partial charge in [-0.2, -0.15) is 19.2 Å². The van der Waals surface area contributed by atoms with Gasteiger partial charge in [0, 0.05) is 23.4 Å². The number of benzene rings is 1. The van der Waals surface area contributed by atoms with Gasteiger partial charge in [0.05, 0.1) is 7.11 Å². The first-order valence-corrected chi connectivity index (χ1v) is 9.27. The summed E-state index contributed by atoms with van der Waals surface area (Å²) in [6.07, 6.45) is 6.69. The Hall–Kier alpha value is -3.27. The molecule has 0 radical (unpaired) electrons. The lowest BCUT2D eigenvalue weighted by Crippen LogP contribution is -2.41. The third-order valence-corrected chi connectivity index (χ3v) is 4.99. The standard InChI is InChI=1S/C20H25NO2.2CO2/c1-15(2)19(22)20(11-4-5-12-20)21-13-7-10-18(21)16-8-6-9-17(14-16)23-3;2*2-1-3/h6-10,13-15H,4-5,11-12H2,1-3H3;;. The van der Waals surface area contributed by atoms with Crippen molar-refractivity contribution in [1.82, 2.24) is 4.57 Å². The van der Waals surface area contributed by atoms with Crippen molar-refractivity contribution in [1.29, 1.82) is 0 Å². The van der Waals surface area contributed by atoms with Gasteiger partial charge in [-0.25, -0.2) is 0 Å². The van der Waals surface area contributed by atoms with Gasteiger partial charge in [-0.3, -0.25) is 4.79 Å². The first-order chi connectivity index (χ1) is 13.9. The first kappa shape index (κ1) is 23.8. The average Bonchev–Trinajstić information content (AvgIpc) is 3.39. The molecule has 0 amide bonds. The van der Waals surface area contributed by atoms with Crippen molar-refractivity contribution in [2.24, 2.45) is 5.92 Å². The Labute approximate surface area is 169 Å². The van der Waals surface area contributed by atoms with Crippen LogP contribution in [0.15, 0.2) is 42.6 Å². The van der Waals surface area contributed by atoms with Gasteiger partial charge in [-0.05, 0) is 37.1 Å². The van der Waals surface area contributed by atoms with Crippen molar-refractivity contribution in [2.75, 3.05) is 7.11 Å². The van der Waals surface area contributed by atoms with Crippen LogP contribution in [0.25, 0.3) is 11.3 Å². The molecule has 0 aliphatic heterocycles. The number of carbonyl (C=O) groups excluding carboxylic acids is 5. The van der Waals surface area contributed by atoms with E-state index in [-0.39, 0.29) is 23.8 Å². The van der Waals surface area contributed by atoms with Crippen LogP contribution in [0.1, 0.15) is 39.5 Å². The summed E-state index contributed by atoms with van der Waals surface area (Å²) < 4.78 is 7.57. The van der Waals surface area contributed by atoms with Crippen LogP contribution in [0, 0.1) is 5.92 Å². The average molecular weight is 399 g/mol. The van der Waals surface area contributed by atoms with Crippen LogP contribution in [0.3, 0.4) is 0 Å². The fourth-order valence-electron chi connectivity index (χ4n) is 3.88. The van der Waals surface area contributed by atoms with E-state index < -0.39 is 0 Å². The lowest BCUT2D eigenvalue weighted by atomic mass is 9.85. The van der Waals surface area contributed by atoms with Crippen molar-refractivity contribution >= 4 is 18.1 Å². The summed E-state index contributed by atoms with van der Waals surface area (Å²) in [4.78, 5) is 45.5. The highest BCUT2D eigenvalue weighted by atomic mass is 16.5. The number of nitrogens with zero attached hydrogens (tertiary/aromatic N) is 1. The largest absolute Gasteiger partial charge is 0.497 e. The molecule has 2 aromatic rings. The summed E-state index contributed by atoms with van der Waals surface area (Å²) in [5.74, 6) is 1.25. The minimum atomic E-state index is -0.379. The molecule has 154 valence electrons. The zero-order chi connectivity index (χ0) is 21.9. The molecule has 0 spiro atoms. The second-order valence-electron chi connectivity index (χ2n) is 6.92. The van der Waals surface area contributed by atoms with Crippen molar-refractivity contribution in [3.63, 3.8) is 0 Å². The maximum absolute atomic E-state index is 13.0. The van der Waals surface area contributed by atoms with Crippen molar-refractivity contribution in [3.05, 3.63) is 42.6 Å². The molecule has 0 bridgehead atoms.